The molecule has 0 radical (unpaired) electrons. The van der Waals surface area contributed by atoms with Crippen LogP contribution in [0.4, 0.5) is 13.9 Å². The summed E-state index contributed by atoms with van der Waals surface area (Å²) < 4.78 is 27.3. The van der Waals surface area contributed by atoms with Gasteiger partial charge in [-0.1, -0.05) is 12.1 Å². The van der Waals surface area contributed by atoms with Gasteiger partial charge in [0.2, 0.25) is 5.91 Å². The van der Waals surface area contributed by atoms with E-state index < -0.39 is 11.6 Å². The van der Waals surface area contributed by atoms with Crippen molar-refractivity contribution in [3.05, 3.63) is 75.7 Å². The highest BCUT2D eigenvalue weighted by Crippen LogP contribution is 2.27. The number of benzene rings is 2. The van der Waals surface area contributed by atoms with Gasteiger partial charge in [-0.05, 0) is 37.4 Å². The molecular weight excluding hydrogens is 424 g/mol. The third-order valence-corrected chi connectivity index (χ3v) is 5.21. The van der Waals surface area contributed by atoms with E-state index >= 15 is 0 Å². The Morgan fingerprint density at radius 1 is 1.19 bits per heavy atom. The molecule has 1 amide bonds. The quantitative estimate of drug-likeness (QED) is 0.479. The van der Waals surface area contributed by atoms with Gasteiger partial charge in [-0.25, -0.2) is 18.7 Å². The number of likely N-dealkylation sites (N-methyl/N-ethyl adjacent to an activating group) is 1. The van der Waals surface area contributed by atoms with Crippen LogP contribution in [0.3, 0.4) is 0 Å². The smallest absolute Gasteiger partial charge is 0.258 e. The number of aromatic nitrogens is 3. The molecule has 0 atom stereocenters. The fourth-order valence-corrected chi connectivity index (χ4v) is 3.80. The summed E-state index contributed by atoms with van der Waals surface area (Å²) in [5.41, 5.74) is 0.612. The molecule has 2 N–H and O–H groups in total. The van der Waals surface area contributed by atoms with E-state index in [0.29, 0.717) is 16.7 Å². The molecule has 0 bridgehead atoms. The summed E-state index contributed by atoms with van der Waals surface area (Å²) in [6, 6.07) is 10.1. The number of rotatable bonds is 6. The Morgan fingerprint density at radius 3 is 2.84 bits per heavy atom. The number of hydrogen-bond acceptors (Lipinski definition) is 6. The first-order valence-electron chi connectivity index (χ1n) is 9.26. The number of carbonyl (C=O) groups is 1. The largest absolute Gasteiger partial charge is 0.309 e. The maximum atomic E-state index is 13.9. The first-order chi connectivity index (χ1) is 14.9. The van der Waals surface area contributed by atoms with E-state index in [4.69, 9.17) is 0 Å². The maximum absolute atomic E-state index is 13.9. The average molecular weight is 441 g/mol. The highest BCUT2D eigenvalue weighted by Gasteiger charge is 2.14. The zero-order chi connectivity index (χ0) is 22.0. The van der Waals surface area contributed by atoms with Crippen molar-refractivity contribution in [1.82, 2.24) is 19.9 Å². The lowest BCUT2D eigenvalue weighted by Crippen LogP contribution is -2.31. The van der Waals surface area contributed by atoms with Gasteiger partial charge in [0.1, 0.15) is 17.5 Å². The van der Waals surface area contributed by atoms with E-state index in [0.717, 1.165) is 29.5 Å². The van der Waals surface area contributed by atoms with Gasteiger partial charge < -0.3 is 10.3 Å². The molecule has 7 nitrogen and oxygen atoms in total. The minimum absolute atomic E-state index is 0.0137. The van der Waals surface area contributed by atoms with Gasteiger partial charge in [-0.2, -0.15) is 0 Å². The molecule has 31 heavy (non-hydrogen) atoms. The predicted octanol–water partition coefficient (Wildman–Crippen LogP) is 3.40. The minimum atomic E-state index is -0.596. The standard InChI is InChI=1S/C21H17F2N5O2S/c1-28(9-18-24-16-5-3-2-4-13(16)20(30)26-18)10-19(29)27-21-25-17(11-31-21)14-8-12(22)6-7-15(14)23/h2-8,11H,9-10H2,1H3,(H,24,26,30)(H,25,27,29). The Hall–Kier alpha value is -3.50. The molecule has 0 aliphatic heterocycles. The monoisotopic (exact) mass is 441 g/mol. The number of thiazole rings is 1. The van der Waals surface area contributed by atoms with E-state index in [-0.39, 0.29) is 40.9 Å². The van der Waals surface area contributed by atoms with Gasteiger partial charge in [-0.3, -0.25) is 14.5 Å². The molecule has 0 unspecified atom stereocenters. The lowest BCUT2D eigenvalue weighted by Gasteiger charge is -2.15. The van der Waals surface area contributed by atoms with Crippen molar-refractivity contribution in [3.8, 4) is 11.3 Å². The average Bonchev–Trinajstić information content (AvgIpc) is 3.17. The number of halogens is 2. The van der Waals surface area contributed by atoms with Crippen LogP contribution in [-0.4, -0.2) is 39.4 Å². The molecule has 0 fully saturated rings. The number of hydrogen-bond donors (Lipinski definition) is 2. The minimum Gasteiger partial charge on any atom is -0.309 e. The van der Waals surface area contributed by atoms with Crippen LogP contribution in [0.25, 0.3) is 22.2 Å². The van der Waals surface area contributed by atoms with Crippen LogP contribution in [0.5, 0.6) is 0 Å². The normalized spacial score (nSPS) is 11.2. The molecule has 0 aliphatic carbocycles. The topological polar surface area (TPSA) is 91.0 Å². The summed E-state index contributed by atoms with van der Waals surface area (Å²) in [4.78, 5) is 37.5. The fraction of sp³-hybridized carbons (Fsp3) is 0.143. The second-order valence-corrected chi connectivity index (χ2v) is 7.77. The fourth-order valence-electron chi connectivity index (χ4n) is 3.07. The van der Waals surface area contributed by atoms with Crippen LogP contribution < -0.4 is 10.9 Å². The van der Waals surface area contributed by atoms with Gasteiger partial charge in [0.25, 0.3) is 5.56 Å². The Bertz CT molecular complexity index is 1320. The summed E-state index contributed by atoms with van der Waals surface area (Å²) in [5.74, 6) is -1.07. The SMILES string of the molecule is CN(CC(=O)Nc1nc(-c2cc(F)ccc2F)cs1)Cc1nc2ccccc2c(=O)[nH]1. The number of fused-ring (bicyclic) bond motifs is 1. The zero-order valence-corrected chi connectivity index (χ0v) is 17.2. The highest BCUT2D eigenvalue weighted by atomic mass is 32.1. The zero-order valence-electron chi connectivity index (χ0n) is 16.4. The molecule has 2 aromatic heterocycles. The number of aromatic amines is 1. The number of carbonyl (C=O) groups excluding carboxylic acids is 1. The van der Waals surface area contributed by atoms with Crippen molar-refractivity contribution in [2.45, 2.75) is 6.54 Å². The molecule has 0 saturated heterocycles. The van der Waals surface area contributed by atoms with E-state index in [2.05, 4.69) is 20.3 Å². The van der Waals surface area contributed by atoms with Gasteiger partial charge in [-0.15, -0.1) is 11.3 Å². The molecule has 10 heteroatoms. The molecule has 0 aliphatic rings. The summed E-state index contributed by atoms with van der Waals surface area (Å²) in [6.07, 6.45) is 0. The number of H-pyrrole nitrogens is 1. The van der Waals surface area contributed by atoms with Crippen LogP contribution in [-0.2, 0) is 11.3 Å². The number of nitrogens with one attached hydrogen (secondary N) is 2. The second kappa shape index (κ2) is 8.70. The molecule has 2 heterocycles. The lowest BCUT2D eigenvalue weighted by atomic mass is 10.1. The summed E-state index contributed by atoms with van der Waals surface area (Å²) >= 11 is 1.11. The van der Waals surface area contributed by atoms with Gasteiger partial charge in [0.15, 0.2) is 5.13 Å². The molecule has 4 rings (SSSR count). The third kappa shape index (κ3) is 4.81. The molecule has 4 aromatic rings. The molecule has 0 saturated carbocycles. The van der Waals surface area contributed by atoms with E-state index in [1.807, 2.05) is 0 Å². The number of amides is 1. The summed E-state index contributed by atoms with van der Waals surface area (Å²) in [6.45, 7) is 0.269. The van der Waals surface area contributed by atoms with Gasteiger partial charge in [0.05, 0.1) is 29.7 Å². The van der Waals surface area contributed by atoms with Crippen LogP contribution in [0, 0.1) is 11.6 Å². The van der Waals surface area contributed by atoms with Crippen molar-refractivity contribution < 1.29 is 13.6 Å². The Balaban J connectivity index is 1.39. The van der Waals surface area contributed by atoms with Gasteiger partial charge in [0, 0.05) is 10.9 Å². The van der Waals surface area contributed by atoms with E-state index in [9.17, 15) is 18.4 Å². The number of anilines is 1. The molecule has 158 valence electrons. The summed E-state index contributed by atoms with van der Waals surface area (Å²) in [7, 11) is 1.71. The van der Waals surface area contributed by atoms with E-state index in [1.165, 1.54) is 0 Å². The Morgan fingerprint density at radius 2 is 2.00 bits per heavy atom. The first-order valence-corrected chi connectivity index (χ1v) is 10.1. The Kier molecular flexibility index (Phi) is 5.83. The Labute approximate surface area is 179 Å². The van der Waals surface area contributed by atoms with Crippen molar-refractivity contribution in [3.63, 3.8) is 0 Å². The van der Waals surface area contributed by atoms with Crippen molar-refractivity contribution in [1.29, 1.82) is 0 Å². The van der Waals surface area contributed by atoms with E-state index in [1.54, 1.807) is 41.6 Å². The maximum Gasteiger partial charge on any atom is 0.258 e. The summed E-state index contributed by atoms with van der Waals surface area (Å²) in [5, 5.41) is 4.96. The number of para-hydroxylation sites is 1. The predicted molar refractivity (Wildman–Crippen MR) is 115 cm³/mol. The van der Waals surface area contributed by atoms with Crippen molar-refractivity contribution in [2.24, 2.45) is 0 Å². The lowest BCUT2D eigenvalue weighted by molar-refractivity contribution is -0.117. The highest BCUT2D eigenvalue weighted by molar-refractivity contribution is 7.14. The number of nitrogens with zero attached hydrogens (tertiary/aromatic N) is 3. The molecule has 2 aromatic carbocycles. The first kappa shape index (κ1) is 20.8. The van der Waals surface area contributed by atoms with Gasteiger partial charge >= 0.3 is 0 Å². The second-order valence-electron chi connectivity index (χ2n) is 6.91. The van der Waals surface area contributed by atoms with Crippen molar-refractivity contribution in [2.75, 3.05) is 18.9 Å². The third-order valence-electron chi connectivity index (χ3n) is 4.45. The molecular formula is C21H17F2N5O2S. The van der Waals surface area contributed by atoms with Crippen LogP contribution >= 0.6 is 11.3 Å². The van der Waals surface area contributed by atoms with Crippen molar-refractivity contribution >= 4 is 33.3 Å². The molecule has 0 spiro atoms. The van der Waals surface area contributed by atoms with Crippen LogP contribution in [0.15, 0.2) is 52.6 Å². The van der Waals surface area contributed by atoms with Crippen LogP contribution in [0.2, 0.25) is 0 Å². The van der Waals surface area contributed by atoms with Crippen LogP contribution in [0.1, 0.15) is 5.82 Å².